The van der Waals surface area contributed by atoms with Crippen LogP contribution in [0.4, 0.5) is 0 Å². The number of hydrogen-bond acceptors (Lipinski definition) is 2. The molecule has 0 aliphatic heterocycles. The van der Waals surface area contributed by atoms with Crippen molar-refractivity contribution in [2.75, 3.05) is 0 Å². The Morgan fingerprint density at radius 2 is 2.06 bits per heavy atom. The number of halogens is 2. The highest BCUT2D eigenvalue weighted by atomic mass is 35.5. The number of nitrogens with two attached hydrogens (primary N) is 1. The van der Waals surface area contributed by atoms with E-state index in [1.165, 1.54) is 0 Å². The van der Waals surface area contributed by atoms with Gasteiger partial charge in [0.05, 0.1) is 5.54 Å². The summed E-state index contributed by atoms with van der Waals surface area (Å²) in [5.74, 6) is -0.0146. The zero-order valence-electron chi connectivity index (χ0n) is 9.39. The number of ketones is 1. The van der Waals surface area contributed by atoms with Gasteiger partial charge in [-0.15, -0.1) is 0 Å². The van der Waals surface area contributed by atoms with Gasteiger partial charge in [0.2, 0.25) is 0 Å². The van der Waals surface area contributed by atoms with Crippen molar-refractivity contribution >= 4 is 29.0 Å². The molecule has 1 unspecified atom stereocenters. The lowest BCUT2D eigenvalue weighted by Gasteiger charge is -2.21. The predicted molar refractivity (Wildman–Crippen MR) is 68.1 cm³/mol. The molecule has 1 aromatic rings. The van der Waals surface area contributed by atoms with Crippen LogP contribution in [0.3, 0.4) is 0 Å². The summed E-state index contributed by atoms with van der Waals surface area (Å²) in [5, 5.41) is 1.07. The van der Waals surface area contributed by atoms with E-state index in [-0.39, 0.29) is 12.2 Å². The van der Waals surface area contributed by atoms with Gasteiger partial charge in [0, 0.05) is 16.5 Å². The van der Waals surface area contributed by atoms with Crippen molar-refractivity contribution in [2.24, 2.45) is 5.73 Å². The van der Waals surface area contributed by atoms with Crippen LogP contribution >= 0.6 is 23.2 Å². The molecule has 0 heterocycles. The van der Waals surface area contributed by atoms with Crippen molar-refractivity contribution in [1.29, 1.82) is 0 Å². The summed E-state index contributed by atoms with van der Waals surface area (Å²) < 4.78 is 0. The Labute approximate surface area is 106 Å². The summed E-state index contributed by atoms with van der Waals surface area (Å²) >= 11 is 11.8. The van der Waals surface area contributed by atoms with Crippen molar-refractivity contribution in [1.82, 2.24) is 0 Å². The molecule has 0 aromatic heterocycles. The monoisotopic (exact) mass is 259 g/mol. The van der Waals surface area contributed by atoms with Crippen molar-refractivity contribution < 1.29 is 4.79 Å². The molecular weight excluding hydrogens is 245 g/mol. The van der Waals surface area contributed by atoms with E-state index >= 15 is 0 Å². The van der Waals surface area contributed by atoms with Crippen LogP contribution in [-0.2, 0) is 11.2 Å². The first-order chi connectivity index (χ1) is 7.36. The van der Waals surface area contributed by atoms with Crippen molar-refractivity contribution in [2.45, 2.75) is 32.2 Å². The number of hydrogen-bond donors (Lipinski definition) is 1. The van der Waals surface area contributed by atoms with Crippen LogP contribution in [0.2, 0.25) is 10.0 Å². The summed E-state index contributed by atoms with van der Waals surface area (Å²) in [7, 11) is 0. The van der Waals surface area contributed by atoms with Crippen LogP contribution in [0.1, 0.15) is 25.8 Å². The van der Waals surface area contributed by atoms with E-state index in [0.29, 0.717) is 16.5 Å². The number of carbonyl (C=O) groups is 1. The van der Waals surface area contributed by atoms with E-state index in [4.69, 9.17) is 28.9 Å². The highest BCUT2D eigenvalue weighted by Gasteiger charge is 2.26. The molecule has 1 rings (SSSR count). The Bertz CT molecular complexity index is 402. The summed E-state index contributed by atoms with van der Waals surface area (Å²) in [5.41, 5.74) is 5.84. The highest BCUT2D eigenvalue weighted by molar-refractivity contribution is 6.35. The van der Waals surface area contributed by atoms with Gasteiger partial charge in [-0.05, 0) is 31.0 Å². The summed E-state index contributed by atoms with van der Waals surface area (Å²) in [6.07, 6.45) is 0.855. The van der Waals surface area contributed by atoms with Gasteiger partial charge >= 0.3 is 0 Å². The lowest BCUT2D eigenvalue weighted by molar-refractivity contribution is -0.123. The summed E-state index contributed by atoms with van der Waals surface area (Å²) in [6, 6.07) is 5.11. The second-order valence-electron chi connectivity index (χ2n) is 4.11. The topological polar surface area (TPSA) is 43.1 Å². The van der Waals surface area contributed by atoms with Gasteiger partial charge in [0.1, 0.15) is 0 Å². The molecule has 0 saturated heterocycles. The van der Waals surface area contributed by atoms with Crippen molar-refractivity contribution in [3.05, 3.63) is 33.8 Å². The molecule has 16 heavy (non-hydrogen) atoms. The van der Waals surface area contributed by atoms with E-state index in [2.05, 4.69) is 0 Å². The van der Waals surface area contributed by atoms with Gasteiger partial charge in [-0.2, -0.15) is 0 Å². The first-order valence-corrected chi connectivity index (χ1v) is 5.88. The normalized spacial score (nSPS) is 14.6. The van der Waals surface area contributed by atoms with Crippen LogP contribution in [0.25, 0.3) is 0 Å². The number of benzene rings is 1. The molecule has 0 aliphatic carbocycles. The van der Waals surface area contributed by atoms with E-state index in [1.54, 1.807) is 25.1 Å². The first kappa shape index (κ1) is 13.5. The standard InChI is InChI=1S/C12H15Cl2NO/c1-3-12(2,15)11(16)6-8-4-5-9(13)7-10(8)14/h4-5,7H,3,6,15H2,1-2H3. The van der Waals surface area contributed by atoms with Crippen LogP contribution in [0.5, 0.6) is 0 Å². The fraction of sp³-hybridized carbons (Fsp3) is 0.417. The van der Waals surface area contributed by atoms with Gasteiger partial charge in [0.25, 0.3) is 0 Å². The molecule has 4 heteroatoms. The number of rotatable bonds is 4. The first-order valence-electron chi connectivity index (χ1n) is 5.13. The van der Waals surface area contributed by atoms with Gasteiger partial charge in [-0.1, -0.05) is 36.2 Å². The zero-order chi connectivity index (χ0) is 12.3. The lowest BCUT2D eigenvalue weighted by atomic mass is 9.90. The fourth-order valence-corrected chi connectivity index (χ4v) is 1.71. The molecule has 0 amide bonds. The van der Waals surface area contributed by atoms with Crippen LogP contribution in [0.15, 0.2) is 18.2 Å². The molecule has 0 aliphatic rings. The maximum atomic E-state index is 11.9. The third-order valence-electron chi connectivity index (χ3n) is 2.74. The zero-order valence-corrected chi connectivity index (χ0v) is 10.9. The molecule has 1 aromatic carbocycles. The van der Waals surface area contributed by atoms with E-state index in [9.17, 15) is 4.79 Å². The summed E-state index contributed by atoms with van der Waals surface area (Å²) in [4.78, 5) is 11.9. The largest absolute Gasteiger partial charge is 0.319 e. The molecule has 0 fully saturated rings. The van der Waals surface area contributed by atoms with E-state index < -0.39 is 5.54 Å². The van der Waals surface area contributed by atoms with Crippen molar-refractivity contribution in [3.63, 3.8) is 0 Å². The second-order valence-corrected chi connectivity index (χ2v) is 4.95. The van der Waals surface area contributed by atoms with Crippen LogP contribution in [-0.4, -0.2) is 11.3 Å². The van der Waals surface area contributed by atoms with E-state index in [0.717, 1.165) is 5.56 Å². The van der Waals surface area contributed by atoms with Gasteiger partial charge < -0.3 is 5.73 Å². The van der Waals surface area contributed by atoms with Crippen LogP contribution < -0.4 is 5.73 Å². The average molecular weight is 260 g/mol. The third kappa shape index (κ3) is 3.21. The SMILES string of the molecule is CCC(C)(N)C(=O)Cc1ccc(Cl)cc1Cl. The molecule has 1 atom stereocenters. The maximum absolute atomic E-state index is 11.9. The molecule has 2 nitrogen and oxygen atoms in total. The Morgan fingerprint density at radius 3 is 2.56 bits per heavy atom. The maximum Gasteiger partial charge on any atom is 0.156 e. The van der Waals surface area contributed by atoms with Crippen LogP contribution in [0, 0.1) is 0 Å². The Hall–Kier alpha value is -0.570. The number of Topliss-reactive ketones (excluding diaryl/α,β-unsaturated/α-hetero) is 1. The third-order valence-corrected chi connectivity index (χ3v) is 3.32. The van der Waals surface area contributed by atoms with Gasteiger partial charge in [-0.3, -0.25) is 4.79 Å². The molecule has 0 radical (unpaired) electrons. The highest BCUT2D eigenvalue weighted by Crippen LogP contribution is 2.23. The Morgan fingerprint density at radius 1 is 1.44 bits per heavy atom. The lowest BCUT2D eigenvalue weighted by Crippen LogP contribution is -2.45. The molecule has 0 saturated carbocycles. The quantitative estimate of drug-likeness (QED) is 0.903. The number of carbonyl (C=O) groups excluding carboxylic acids is 1. The van der Waals surface area contributed by atoms with E-state index in [1.807, 2.05) is 6.92 Å². The Kier molecular flexibility index (Phi) is 4.36. The second kappa shape index (κ2) is 5.17. The molecular formula is C12H15Cl2NO. The van der Waals surface area contributed by atoms with Gasteiger partial charge in [0.15, 0.2) is 5.78 Å². The molecule has 2 N–H and O–H groups in total. The average Bonchev–Trinajstić information content (AvgIpc) is 2.22. The predicted octanol–water partition coefficient (Wildman–Crippen LogP) is 3.23. The molecule has 0 bridgehead atoms. The van der Waals surface area contributed by atoms with Crippen molar-refractivity contribution in [3.8, 4) is 0 Å². The minimum atomic E-state index is -0.789. The minimum Gasteiger partial charge on any atom is -0.319 e. The smallest absolute Gasteiger partial charge is 0.156 e. The fourth-order valence-electron chi connectivity index (χ4n) is 1.24. The minimum absolute atomic E-state index is 0.0146. The summed E-state index contributed by atoms with van der Waals surface area (Å²) in [6.45, 7) is 3.63. The molecule has 0 spiro atoms. The Balaban J connectivity index is 2.85. The molecule has 88 valence electrons. The van der Waals surface area contributed by atoms with Gasteiger partial charge in [-0.25, -0.2) is 0 Å².